The van der Waals surface area contributed by atoms with Gasteiger partial charge >= 0.3 is 0 Å². The predicted octanol–water partition coefficient (Wildman–Crippen LogP) is 4.63. The number of allylic oxidation sites excluding steroid dienone is 3. The Morgan fingerprint density at radius 2 is 1.71 bits per heavy atom. The number of fused-ring (bicyclic) bond motifs is 1. The van der Waals surface area contributed by atoms with Crippen LogP contribution in [0.2, 0.25) is 0 Å². The monoisotopic (exact) mass is 393 g/mol. The zero-order chi connectivity index (χ0) is 19.8. The minimum absolute atomic E-state index is 0.316. The van der Waals surface area contributed by atoms with Crippen LogP contribution in [0.15, 0.2) is 78.6 Å². The summed E-state index contributed by atoms with van der Waals surface area (Å²) in [7, 11) is -2.22. The first-order chi connectivity index (χ1) is 13.5. The van der Waals surface area contributed by atoms with Crippen LogP contribution in [0.5, 0.6) is 0 Å². The molecule has 28 heavy (non-hydrogen) atoms. The Morgan fingerprint density at radius 3 is 2.46 bits per heavy atom. The average Bonchev–Trinajstić information content (AvgIpc) is 2.73. The van der Waals surface area contributed by atoms with E-state index in [1.54, 1.807) is 13.0 Å². The minimum Gasteiger partial charge on any atom is -0.499 e. The van der Waals surface area contributed by atoms with Gasteiger partial charge in [-0.25, -0.2) is 8.42 Å². The van der Waals surface area contributed by atoms with E-state index in [2.05, 4.69) is 0 Å². The van der Waals surface area contributed by atoms with E-state index in [0.717, 1.165) is 16.7 Å². The molecule has 0 saturated carbocycles. The van der Waals surface area contributed by atoms with Crippen molar-refractivity contribution in [1.82, 2.24) is 0 Å². The molecule has 0 aromatic heterocycles. The number of anilines is 1. The van der Waals surface area contributed by atoms with E-state index in [4.69, 9.17) is 4.74 Å². The number of ether oxygens (including phenoxy) is 1. The molecule has 4 nitrogen and oxygen atoms in total. The third kappa shape index (κ3) is 2.87. The normalized spacial score (nSPS) is 21.6. The molecule has 4 rings (SSSR count). The Morgan fingerprint density at radius 1 is 1.00 bits per heavy atom. The molecule has 1 aliphatic carbocycles. The van der Waals surface area contributed by atoms with Gasteiger partial charge in [-0.05, 0) is 35.8 Å². The summed E-state index contributed by atoms with van der Waals surface area (Å²) in [5, 5.41) is 0. The van der Waals surface area contributed by atoms with Crippen molar-refractivity contribution in [2.75, 3.05) is 18.0 Å². The molecule has 0 radical (unpaired) electrons. The van der Waals surface area contributed by atoms with Crippen molar-refractivity contribution in [1.29, 1.82) is 0 Å². The molecule has 2 aromatic rings. The summed E-state index contributed by atoms with van der Waals surface area (Å²) in [4.78, 5) is 0. The maximum Gasteiger partial charge on any atom is 0.248 e. The van der Waals surface area contributed by atoms with E-state index < -0.39 is 14.8 Å². The number of sulfonamides is 1. The van der Waals surface area contributed by atoms with Gasteiger partial charge in [0.05, 0.1) is 19.3 Å². The highest BCUT2D eigenvalue weighted by atomic mass is 32.2. The van der Waals surface area contributed by atoms with Crippen LogP contribution in [0, 0.1) is 0 Å². The van der Waals surface area contributed by atoms with Crippen molar-refractivity contribution >= 4 is 27.4 Å². The van der Waals surface area contributed by atoms with Gasteiger partial charge < -0.3 is 4.74 Å². The molecule has 1 heterocycles. The maximum absolute atomic E-state index is 13.9. The Balaban J connectivity index is 1.79. The highest BCUT2D eigenvalue weighted by Gasteiger charge is 2.49. The van der Waals surface area contributed by atoms with Crippen molar-refractivity contribution in [3.63, 3.8) is 0 Å². The molecule has 2 aromatic carbocycles. The van der Waals surface area contributed by atoms with E-state index in [9.17, 15) is 8.42 Å². The quantitative estimate of drug-likeness (QED) is 0.761. The van der Waals surface area contributed by atoms with E-state index in [1.807, 2.05) is 72.8 Å². The fraction of sp³-hybridized carbons (Fsp3) is 0.217. The Hall–Kier alpha value is -2.79. The number of benzene rings is 2. The maximum atomic E-state index is 13.9. The van der Waals surface area contributed by atoms with Crippen LogP contribution in [0.25, 0.3) is 11.6 Å². The molecule has 0 N–H and O–H groups in total. The predicted molar refractivity (Wildman–Crippen MR) is 114 cm³/mol. The number of nitrogens with zero attached hydrogens (tertiary/aromatic N) is 1. The number of hydrogen-bond donors (Lipinski definition) is 0. The molecule has 1 aliphatic heterocycles. The smallest absolute Gasteiger partial charge is 0.248 e. The van der Waals surface area contributed by atoms with Gasteiger partial charge in [-0.2, -0.15) is 0 Å². The Bertz CT molecular complexity index is 1080. The third-order valence-corrected chi connectivity index (χ3v) is 7.89. The van der Waals surface area contributed by atoms with Crippen LogP contribution in [0.4, 0.5) is 5.69 Å². The second kappa shape index (κ2) is 6.99. The number of hydrogen-bond acceptors (Lipinski definition) is 3. The first-order valence-corrected chi connectivity index (χ1v) is 10.7. The Labute approximate surface area is 166 Å². The zero-order valence-corrected chi connectivity index (χ0v) is 16.8. The van der Waals surface area contributed by atoms with Crippen LogP contribution < -0.4 is 4.31 Å². The van der Waals surface area contributed by atoms with Gasteiger partial charge in [0.2, 0.25) is 10.0 Å². The highest BCUT2D eigenvalue weighted by Crippen LogP contribution is 2.43. The average molecular weight is 394 g/mol. The van der Waals surface area contributed by atoms with E-state index in [-0.39, 0.29) is 0 Å². The van der Waals surface area contributed by atoms with Crippen LogP contribution >= 0.6 is 0 Å². The summed E-state index contributed by atoms with van der Waals surface area (Å²) >= 11 is 0. The fourth-order valence-electron chi connectivity index (χ4n) is 3.91. The molecule has 0 fully saturated rings. The lowest BCUT2D eigenvalue weighted by molar-refractivity contribution is 0.254. The van der Waals surface area contributed by atoms with E-state index in [0.29, 0.717) is 24.4 Å². The van der Waals surface area contributed by atoms with Crippen molar-refractivity contribution in [3.05, 3.63) is 89.7 Å². The molecule has 1 atom stereocenters. The van der Waals surface area contributed by atoms with Crippen LogP contribution in [-0.4, -0.2) is 26.8 Å². The first-order valence-electron chi connectivity index (χ1n) is 9.26. The van der Waals surface area contributed by atoms with Gasteiger partial charge in [-0.3, -0.25) is 4.31 Å². The van der Waals surface area contributed by atoms with Gasteiger partial charge in [0.15, 0.2) is 0 Å². The molecular weight excluding hydrogens is 370 g/mol. The van der Waals surface area contributed by atoms with Gasteiger partial charge in [0, 0.05) is 6.42 Å². The summed E-state index contributed by atoms with van der Waals surface area (Å²) in [5.74, 6) is 0.458. The SMILES string of the molecule is COC1=CC=C(c2ccccc2)CC1(C)S(=O)(=O)N1CC=Cc2ccccc21. The lowest BCUT2D eigenvalue weighted by atomic mass is 9.89. The summed E-state index contributed by atoms with van der Waals surface area (Å²) in [6.45, 7) is 2.07. The van der Waals surface area contributed by atoms with Crippen molar-refractivity contribution in [2.24, 2.45) is 0 Å². The van der Waals surface area contributed by atoms with Crippen molar-refractivity contribution < 1.29 is 13.2 Å². The summed E-state index contributed by atoms with van der Waals surface area (Å²) in [5.41, 5.74) is 3.61. The molecule has 0 bridgehead atoms. The molecule has 0 saturated heterocycles. The van der Waals surface area contributed by atoms with Crippen molar-refractivity contribution in [2.45, 2.75) is 18.1 Å². The van der Waals surface area contributed by atoms with Gasteiger partial charge in [-0.15, -0.1) is 0 Å². The second-order valence-corrected chi connectivity index (χ2v) is 9.49. The Kier molecular flexibility index (Phi) is 4.63. The molecular formula is C23H23NO3S. The standard InChI is InChI=1S/C23H23NO3S/c1-23(17-20(14-15-22(23)27-2)18-9-4-3-5-10-18)28(25,26)24-16-8-12-19-11-6-7-13-21(19)24/h3-15H,16-17H2,1-2H3. The topological polar surface area (TPSA) is 46.6 Å². The fourth-order valence-corrected chi connectivity index (χ4v) is 5.85. The molecule has 5 heteroatoms. The number of para-hydroxylation sites is 1. The second-order valence-electron chi connectivity index (χ2n) is 7.20. The van der Waals surface area contributed by atoms with Crippen LogP contribution in [0.1, 0.15) is 24.5 Å². The van der Waals surface area contributed by atoms with Gasteiger partial charge in [-0.1, -0.05) is 66.8 Å². The van der Waals surface area contributed by atoms with Crippen LogP contribution in [0.3, 0.4) is 0 Å². The number of rotatable bonds is 4. The van der Waals surface area contributed by atoms with E-state index in [1.165, 1.54) is 11.4 Å². The summed E-state index contributed by atoms with van der Waals surface area (Å²) in [6.07, 6.45) is 7.94. The highest BCUT2D eigenvalue weighted by molar-refractivity contribution is 7.94. The summed E-state index contributed by atoms with van der Waals surface area (Å²) < 4.78 is 33.7. The zero-order valence-electron chi connectivity index (χ0n) is 16.0. The van der Waals surface area contributed by atoms with Crippen LogP contribution in [-0.2, 0) is 14.8 Å². The third-order valence-electron chi connectivity index (χ3n) is 5.48. The molecule has 0 spiro atoms. The largest absolute Gasteiger partial charge is 0.499 e. The van der Waals surface area contributed by atoms with E-state index >= 15 is 0 Å². The molecule has 0 amide bonds. The molecule has 144 valence electrons. The molecule has 2 aliphatic rings. The molecule has 1 unspecified atom stereocenters. The van der Waals surface area contributed by atoms with Gasteiger partial charge in [0.25, 0.3) is 0 Å². The number of methoxy groups -OCH3 is 1. The summed E-state index contributed by atoms with van der Waals surface area (Å²) in [6, 6.07) is 17.5. The van der Waals surface area contributed by atoms with Gasteiger partial charge in [0.1, 0.15) is 10.5 Å². The van der Waals surface area contributed by atoms with Crippen molar-refractivity contribution in [3.8, 4) is 0 Å². The lowest BCUT2D eigenvalue weighted by Crippen LogP contribution is -2.50. The minimum atomic E-state index is -3.75. The first kappa shape index (κ1) is 18.6. The lowest BCUT2D eigenvalue weighted by Gasteiger charge is -2.39.